The largest absolute Gasteiger partial charge is 0.462 e. The topological polar surface area (TPSA) is 78.9 Å². The van der Waals surface area contributed by atoms with Crippen LogP contribution in [0.1, 0.15) is 290 Å². The first kappa shape index (κ1) is 74.5. The first-order chi connectivity index (χ1) is 39.0. The predicted molar refractivity (Wildman–Crippen MR) is 343 cm³/mol. The number of carbonyl (C=O) groups is 3. The van der Waals surface area contributed by atoms with Gasteiger partial charge in [0.1, 0.15) is 13.2 Å². The van der Waals surface area contributed by atoms with Crippen molar-refractivity contribution < 1.29 is 28.6 Å². The van der Waals surface area contributed by atoms with Gasteiger partial charge < -0.3 is 14.2 Å². The Morgan fingerprint density at radius 3 is 0.835 bits per heavy atom. The lowest BCUT2D eigenvalue weighted by Crippen LogP contribution is -2.30. The van der Waals surface area contributed by atoms with Gasteiger partial charge in [-0.15, -0.1) is 0 Å². The summed E-state index contributed by atoms with van der Waals surface area (Å²) in [5, 5.41) is 0. The highest BCUT2D eigenvalue weighted by molar-refractivity contribution is 5.71. The van der Waals surface area contributed by atoms with Gasteiger partial charge in [0.15, 0.2) is 6.10 Å². The monoisotopic (exact) mass is 1090 g/mol. The van der Waals surface area contributed by atoms with E-state index in [-0.39, 0.29) is 31.1 Å². The van der Waals surface area contributed by atoms with Gasteiger partial charge >= 0.3 is 17.9 Å². The van der Waals surface area contributed by atoms with Crippen LogP contribution in [0.2, 0.25) is 0 Å². The van der Waals surface area contributed by atoms with Crippen molar-refractivity contribution >= 4 is 17.9 Å². The molecule has 79 heavy (non-hydrogen) atoms. The van der Waals surface area contributed by atoms with Crippen LogP contribution in [-0.4, -0.2) is 37.2 Å². The second-order valence-corrected chi connectivity index (χ2v) is 21.3. The standard InChI is InChI=1S/C73H120O6/c1-4-7-10-13-16-19-22-25-27-29-30-31-32-33-34-35-36-37-38-39-40-41-42-44-45-48-51-54-57-60-63-66-72(75)78-69-70(68-77-71(74)65-62-59-56-53-50-47-24-21-18-15-12-9-6-3)79-73(76)67-64-61-58-55-52-49-46-43-28-26-23-20-17-14-11-8-5-2/h7,10,12,15-16,19,21,24-25,27,30-31,33-34,36-37,39-40,42,44,48,51,70H,4-6,8-9,11,13-14,17-18,20,22-23,26,28-29,32,35,38,41,43,45-47,49-50,52-69H2,1-3H3/b10-7-,15-12-,19-16-,24-21-,27-25-,31-30-,34-33-,37-36-,40-39-,44-42-,51-48-. The van der Waals surface area contributed by atoms with E-state index in [1.54, 1.807) is 0 Å². The van der Waals surface area contributed by atoms with Crippen LogP contribution in [0.15, 0.2) is 134 Å². The highest BCUT2D eigenvalue weighted by Crippen LogP contribution is 2.16. The molecule has 0 aliphatic rings. The summed E-state index contributed by atoms with van der Waals surface area (Å²) >= 11 is 0. The van der Waals surface area contributed by atoms with Crippen molar-refractivity contribution in [3.8, 4) is 0 Å². The highest BCUT2D eigenvalue weighted by Gasteiger charge is 2.19. The second-order valence-electron chi connectivity index (χ2n) is 21.3. The average molecular weight is 1090 g/mol. The van der Waals surface area contributed by atoms with Gasteiger partial charge in [-0.05, 0) is 116 Å². The summed E-state index contributed by atoms with van der Waals surface area (Å²) in [5.74, 6) is -0.939. The molecule has 0 saturated carbocycles. The van der Waals surface area contributed by atoms with Gasteiger partial charge in [0, 0.05) is 19.3 Å². The Kier molecular flexibility index (Phi) is 62.3. The van der Waals surface area contributed by atoms with Crippen LogP contribution in [-0.2, 0) is 28.6 Å². The van der Waals surface area contributed by atoms with Crippen molar-refractivity contribution in [1.29, 1.82) is 0 Å². The first-order valence-corrected chi connectivity index (χ1v) is 32.7. The molecule has 0 aliphatic carbocycles. The van der Waals surface area contributed by atoms with Crippen LogP contribution in [0, 0.1) is 0 Å². The third-order valence-electron chi connectivity index (χ3n) is 13.6. The Hall–Kier alpha value is -4.45. The van der Waals surface area contributed by atoms with Crippen LogP contribution < -0.4 is 0 Å². The van der Waals surface area contributed by atoms with Gasteiger partial charge in [0.05, 0.1) is 0 Å². The fourth-order valence-corrected chi connectivity index (χ4v) is 8.77. The minimum atomic E-state index is -0.801. The summed E-state index contributed by atoms with van der Waals surface area (Å²) in [5.41, 5.74) is 0. The quantitative estimate of drug-likeness (QED) is 0.0261. The predicted octanol–water partition coefficient (Wildman–Crippen LogP) is 22.5. The molecule has 0 aliphatic heterocycles. The van der Waals surface area contributed by atoms with Gasteiger partial charge in [0.2, 0.25) is 0 Å². The van der Waals surface area contributed by atoms with Crippen LogP contribution in [0.3, 0.4) is 0 Å². The third kappa shape index (κ3) is 64.3. The normalized spacial score (nSPS) is 13.0. The Morgan fingerprint density at radius 2 is 0.519 bits per heavy atom. The Labute approximate surface area is 487 Å². The summed E-state index contributed by atoms with van der Waals surface area (Å²) < 4.78 is 16.9. The van der Waals surface area contributed by atoms with Crippen molar-refractivity contribution in [1.82, 2.24) is 0 Å². The smallest absolute Gasteiger partial charge is 0.306 e. The Balaban J connectivity index is 4.38. The zero-order valence-corrected chi connectivity index (χ0v) is 51.3. The van der Waals surface area contributed by atoms with E-state index in [2.05, 4.69) is 154 Å². The molecule has 0 bridgehead atoms. The van der Waals surface area contributed by atoms with E-state index >= 15 is 0 Å². The van der Waals surface area contributed by atoms with Crippen molar-refractivity contribution in [3.05, 3.63) is 134 Å². The molecule has 0 radical (unpaired) electrons. The maximum absolute atomic E-state index is 12.9. The molecule has 0 fully saturated rings. The molecule has 0 rings (SSSR count). The minimum absolute atomic E-state index is 0.0971. The number of hydrogen-bond acceptors (Lipinski definition) is 6. The molecule has 0 spiro atoms. The van der Waals surface area contributed by atoms with Gasteiger partial charge in [-0.1, -0.05) is 289 Å². The second kappa shape index (κ2) is 66.1. The zero-order chi connectivity index (χ0) is 57.1. The molecule has 6 heteroatoms. The van der Waals surface area contributed by atoms with E-state index in [1.165, 1.54) is 96.3 Å². The number of ether oxygens (including phenoxy) is 3. The van der Waals surface area contributed by atoms with Gasteiger partial charge in [-0.3, -0.25) is 14.4 Å². The average Bonchev–Trinajstić information content (AvgIpc) is 3.45. The van der Waals surface area contributed by atoms with Crippen LogP contribution in [0.5, 0.6) is 0 Å². The molecule has 0 aromatic rings. The molecule has 0 N–H and O–H groups in total. The number of allylic oxidation sites excluding steroid dienone is 22. The van der Waals surface area contributed by atoms with Crippen molar-refractivity contribution in [2.24, 2.45) is 0 Å². The molecule has 1 unspecified atom stereocenters. The van der Waals surface area contributed by atoms with E-state index in [4.69, 9.17) is 14.2 Å². The molecule has 0 aromatic heterocycles. The molecule has 1 atom stereocenters. The fourth-order valence-electron chi connectivity index (χ4n) is 8.77. The van der Waals surface area contributed by atoms with E-state index in [9.17, 15) is 14.4 Å². The molecule has 6 nitrogen and oxygen atoms in total. The minimum Gasteiger partial charge on any atom is -0.462 e. The maximum Gasteiger partial charge on any atom is 0.306 e. The van der Waals surface area contributed by atoms with Crippen molar-refractivity contribution in [2.45, 2.75) is 297 Å². The van der Waals surface area contributed by atoms with E-state index in [1.807, 2.05) is 0 Å². The van der Waals surface area contributed by atoms with Gasteiger partial charge in [0.25, 0.3) is 0 Å². The Bertz CT molecular complexity index is 1680. The third-order valence-corrected chi connectivity index (χ3v) is 13.6. The molecule has 0 amide bonds. The summed E-state index contributed by atoms with van der Waals surface area (Å²) in [6.07, 6.45) is 93.2. The van der Waals surface area contributed by atoms with Crippen molar-refractivity contribution in [3.63, 3.8) is 0 Å². The summed E-state index contributed by atoms with van der Waals surface area (Å²) in [6, 6.07) is 0. The number of carbonyl (C=O) groups excluding carboxylic acids is 3. The fraction of sp³-hybridized carbons (Fsp3) is 0.658. The van der Waals surface area contributed by atoms with Crippen molar-refractivity contribution in [2.75, 3.05) is 13.2 Å². The zero-order valence-electron chi connectivity index (χ0n) is 51.3. The molecule has 0 saturated heterocycles. The summed E-state index contributed by atoms with van der Waals surface area (Å²) in [6.45, 7) is 6.44. The maximum atomic E-state index is 12.9. The SMILES string of the molecule is CC/C=C\C/C=C\C/C=C\C/C=C\C/C=C\C/C=C\C/C=C\C/C=C\C/C=C\CCCCCC(=O)OCC(COC(=O)CCCCCCC/C=C\C/C=C\CCC)OC(=O)CCCCCCCCCCCCCCCCCCC. The molecule has 448 valence electrons. The molecular formula is C73H120O6. The summed E-state index contributed by atoms with van der Waals surface area (Å²) in [4.78, 5) is 38.3. The lowest BCUT2D eigenvalue weighted by Gasteiger charge is -2.18. The van der Waals surface area contributed by atoms with Crippen LogP contribution >= 0.6 is 0 Å². The van der Waals surface area contributed by atoms with Gasteiger partial charge in [-0.25, -0.2) is 0 Å². The highest BCUT2D eigenvalue weighted by atomic mass is 16.6. The number of unbranched alkanes of at least 4 members (excludes halogenated alkanes) is 25. The summed E-state index contributed by atoms with van der Waals surface area (Å²) in [7, 11) is 0. The number of esters is 3. The molecule has 0 heterocycles. The van der Waals surface area contributed by atoms with E-state index < -0.39 is 6.10 Å². The molecule has 0 aromatic carbocycles. The molecular weight excluding hydrogens is 973 g/mol. The van der Waals surface area contributed by atoms with E-state index in [0.717, 1.165) is 154 Å². The lowest BCUT2D eigenvalue weighted by atomic mass is 10.0. The number of hydrogen-bond donors (Lipinski definition) is 0. The van der Waals surface area contributed by atoms with Crippen LogP contribution in [0.4, 0.5) is 0 Å². The first-order valence-electron chi connectivity index (χ1n) is 32.7. The van der Waals surface area contributed by atoms with Crippen LogP contribution in [0.25, 0.3) is 0 Å². The Morgan fingerprint density at radius 1 is 0.266 bits per heavy atom. The van der Waals surface area contributed by atoms with E-state index in [0.29, 0.717) is 19.3 Å². The van der Waals surface area contributed by atoms with Gasteiger partial charge in [-0.2, -0.15) is 0 Å². The number of rotatable bonds is 58. The lowest BCUT2D eigenvalue weighted by molar-refractivity contribution is -0.167.